The molecular formula is C27H26N4O3S. The molecule has 1 aliphatic heterocycles. The normalized spacial score (nSPS) is 13.5. The van der Waals surface area contributed by atoms with Crippen LogP contribution in [-0.2, 0) is 22.7 Å². The molecule has 0 bridgehead atoms. The second kappa shape index (κ2) is 9.84. The maximum atomic E-state index is 13.2. The van der Waals surface area contributed by atoms with Gasteiger partial charge in [0.2, 0.25) is 11.8 Å². The quantitative estimate of drug-likeness (QED) is 0.423. The second-order valence-corrected chi connectivity index (χ2v) is 9.64. The van der Waals surface area contributed by atoms with E-state index in [1.54, 1.807) is 4.90 Å². The minimum atomic E-state index is -0.139. The number of amides is 2. The number of thiophene rings is 1. The van der Waals surface area contributed by atoms with Crippen molar-refractivity contribution in [2.24, 2.45) is 0 Å². The third-order valence-corrected chi connectivity index (χ3v) is 7.20. The Hall–Kier alpha value is -3.78. The average molecular weight is 487 g/mol. The first-order valence-corrected chi connectivity index (χ1v) is 12.6. The number of rotatable bonds is 7. The lowest BCUT2D eigenvalue weighted by Crippen LogP contribution is -2.27. The van der Waals surface area contributed by atoms with Gasteiger partial charge in [0, 0.05) is 49.1 Å². The lowest BCUT2D eigenvalue weighted by molar-refractivity contribution is -0.121. The van der Waals surface area contributed by atoms with Crippen molar-refractivity contribution in [2.75, 3.05) is 11.4 Å². The van der Waals surface area contributed by atoms with Crippen LogP contribution in [0.25, 0.3) is 21.3 Å². The van der Waals surface area contributed by atoms with Gasteiger partial charge in [-0.2, -0.15) is 0 Å². The zero-order valence-corrected chi connectivity index (χ0v) is 20.3. The summed E-state index contributed by atoms with van der Waals surface area (Å²) in [6.45, 7) is 3.43. The zero-order valence-electron chi connectivity index (χ0n) is 19.5. The lowest BCUT2D eigenvalue weighted by atomic mass is 10.1. The number of hydrogen-bond acceptors (Lipinski definition) is 5. The van der Waals surface area contributed by atoms with Gasteiger partial charge in [-0.3, -0.25) is 19.0 Å². The summed E-state index contributed by atoms with van der Waals surface area (Å²) in [6, 6.07) is 15.7. The first-order valence-electron chi connectivity index (χ1n) is 11.7. The molecule has 8 heteroatoms. The van der Waals surface area contributed by atoms with Gasteiger partial charge in [0.1, 0.15) is 4.83 Å². The number of carbonyl (C=O) groups is 2. The van der Waals surface area contributed by atoms with E-state index in [0.717, 1.165) is 40.9 Å². The number of anilines is 1. The average Bonchev–Trinajstić information content (AvgIpc) is 3.50. The second-order valence-electron chi connectivity index (χ2n) is 8.78. The number of benzene rings is 2. The van der Waals surface area contributed by atoms with Crippen LogP contribution in [0.5, 0.6) is 0 Å². The van der Waals surface area contributed by atoms with E-state index >= 15 is 0 Å². The number of carbonyl (C=O) groups excluding carboxylic acids is 2. The first-order chi connectivity index (χ1) is 17.0. The number of nitrogens with zero attached hydrogens (tertiary/aromatic N) is 3. The van der Waals surface area contributed by atoms with Gasteiger partial charge >= 0.3 is 0 Å². The third kappa shape index (κ3) is 4.88. The van der Waals surface area contributed by atoms with Crippen molar-refractivity contribution < 1.29 is 9.59 Å². The molecule has 5 rings (SSSR count). The molecule has 7 nitrogen and oxygen atoms in total. The van der Waals surface area contributed by atoms with Gasteiger partial charge in [0.25, 0.3) is 5.56 Å². The highest BCUT2D eigenvalue weighted by Gasteiger charge is 2.21. The van der Waals surface area contributed by atoms with Crippen LogP contribution in [0.3, 0.4) is 0 Å². The maximum Gasteiger partial charge on any atom is 0.262 e. The van der Waals surface area contributed by atoms with E-state index in [-0.39, 0.29) is 30.3 Å². The molecule has 0 atom stereocenters. The summed E-state index contributed by atoms with van der Waals surface area (Å²) in [5.74, 6) is 0.0160. The molecular weight excluding hydrogens is 460 g/mol. The molecule has 178 valence electrons. The van der Waals surface area contributed by atoms with Crippen LogP contribution in [0.1, 0.15) is 30.4 Å². The van der Waals surface area contributed by atoms with Gasteiger partial charge < -0.3 is 10.2 Å². The van der Waals surface area contributed by atoms with Gasteiger partial charge in [0.05, 0.1) is 11.7 Å². The zero-order chi connectivity index (χ0) is 24.4. The van der Waals surface area contributed by atoms with Gasteiger partial charge in [-0.05, 0) is 36.6 Å². The van der Waals surface area contributed by atoms with E-state index in [1.807, 2.05) is 60.8 Å². The molecule has 0 radical (unpaired) electrons. The standard InChI is InChI=1S/C27H26N4O3S/c1-18-4-8-20(9-5-18)22-16-35-26-25(22)27(34)30(17-29-26)14-12-23(32)28-15-19-6-10-21(11-7-19)31-13-2-3-24(31)33/h4-11,16-17H,2-3,12-15H2,1H3,(H,28,32). The van der Waals surface area contributed by atoms with Crippen LogP contribution in [0, 0.1) is 6.92 Å². The summed E-state index contributed by atoms with van der Waals surface area (Å²) >= 11 is 1.45. The van der Waals surface area contributed by atoms with E-state index in [9.17, 15) is 14.4 Å². The molecule has 35 heavy (non-hydrogen) atoms. The predicted octanol–water partition coefficient (Wildman–Crippen LogP) is 4.27. The Kier molecular flexibility index (Phi) is 6.46. The molecule has 0 aliphatic carbocycles. The first kappa shape index (κ1) is 23.0. The van der Waals surface area contributed by atoms with Crippen molar-refractivity contribution >= 4 is 39.1 Å². The maximum absolute atomic E-state index is 13.2. The highest BCUT2D eigenvalue weighted by Crippen LogP contribution is 2.30. The van der Waals surface area contributed by atoms with E-state index in [1.165, 1.54) is 22.2 Å². The Morgan fingerprint density at radius 2 is 1.86 bits per heavy atom. The fourth-order valence-corrected chi connectivity index (χ4v) is 5.20. The molecule has 2 aromatic heterocycles. The van der Waals surface area contributed by atoms with E-state index in [4.69, 9.17) is 0 Å². The molecule has 3 heterocycles. The third-order valence-electron chi connectivity index (χ3n) is 6.31. The number of aryl methyl sites for hydroxylation is 2. The number of aromatic nitrogens is 2. The van der Waals surface area contributed by atoms with Crippen molar-refractivity contribution in [2.45, 2.75) is 39.3 Å². The van der Waals surface area contributed by atoms with E-state index in [0.29, 0.717) is 23.2 Å². The SMILES string of the molecule is Cc1ccc(-c2csc3ncn(CCC(=O)NCc4ccc(N5CCCC5=O)cc4)c(=O)c23)cc1. The monoisotopic (exact) mass is 486 g/mol. The minimum Gasteiger partial charge on any atom is -0.352 e. The van der Waals surface area contributed by atoms with Crippen LogP contribution >= 0.6 is 11.3 Å². The Balaban J connectivity index is 1.21. The largest absolute Gasteiger partial charge is 0.352 e. The van der Waals surface area contributed by atoms with Gasteiger partial charge in [-0.1, -0.05) is 42.0 Å². The molecule has 2 amide bonds. The molecule has 4 aromatic rings. The van der Waals surface area contributed by atoms with Gasteiger partial charge in [-0.15, -0.1) is 11.3 Å². The summed E-state index contributed by atoms with van der Waals surface area (Å²) in [4.78, 5) is 44.5. The lowest BCUT2D eigenvalue weighted by Gasteiger charge is -2.16. The van der Waals surface area contributed by atoms with Crippen LogP contribution in [0.4, 0.5) is 5.69 Å². The van der Waals surface area contributed by atoms with Crippen molar-refractivity contribution in [3.05, 3.63) is 81.7 Å². The van der Waals surface area contributed by atoms with Gasteiger partial charge in [-0.25, -0.2) is 4.98 Å². The van der Waals surface area contributed by atoms with Crippen LogP contribution in [0.2, 0.25) is 0 Å². The molecule has 1 aliphatic rings. The fraction of sp³-hybridized carbons (Fsp3) is 0.259. The number of fused-ring (bicyclic) bond motifs is 1. The van der Waals surface area contributed by atoms with Crippen molar-refractivity contribution in [3.63, 3.8) is 0 Å². The minimum absolute atomic E-state index is 0.133. The molecule has 0 unspecified atom stereocenters. The summed E-state index contributed by atoms with van der Waals surface area (Å²) < 4.78 is 1.51. The van der Waals surface area contributed by atoms with Crippen molar-refractivity contribution in [1.82, 2.24) is 14.9 Å². The van der Waals surface area contributed by atoms with Crippen LogP contribution in [-0.4, -0.2) is 27.9 Å². The van der Waals surface area contributed by atoms with Crippen molar-refractivity contribution in [3.8, 4) is 11.1 Å². The molecule has 0 spiro atoms. The Morgan fingerprint density at radius 3 is 2.57 bits per heavy atom. The Labute approximate surface area is 207 Å². The van der Waals surface area contributed by atoms with Crippen molar-refractivity contribution in [1.29, 1.82) is 0 Å². The summed E-state index contributed by atoms with van der Waals surface area (Å²) in [6.07, 6.45) is 3.19. The predicted molar refractivity (Wildman–Crippen MR) is 139 cm³/mol. The van der Waals surface area contributed by atoms with E-state index < -0.39 is 0 Å². The topological polar surface area (TPSA) is 84.3 Å². The number of nitrogens with one attached hydrogen (secondary N) is 1. The fourth-order valence-electron chi connectivity index (χ4n) is 4.30. The summed E-state index contributed by atoms with van der Waals surface area (Å²) in [5.41, 5.74) is 4.73. The van der Waals surface area contributed by atoms with Gasteiger partial charge in [0.15, 0.2) is 0 Å². The Morgan fingerprint density at radius 1 is 1.09 bits per heavy atom. The highest BCUT2D eigenvalue weighted by atomic mass is 32.1. The molecule has 1 N–H and O–H groups in total. The van der Waals surface area contributed by atoms with E-state index in [2.05, 4.69) is 10.3 Å². The molecule has 1 fully saturated rings. The Bertz CT molecular complexity index is 1440. The molecule has 2 aromatic carbocycles. The highest BCUT2D eigenvalue weighted by molar-refractivity contribution is 7.17. The smallest absolute Gasteiger partial charge is 0.262 e. The number of hydrogen-bond donors (Lipinski definition) is 1. The molecule has 1 saturated heterocycles. The summed E-state index contributed by atoms with van der Waals surface area (Å²) in [5, 5.41) is 5.47. The molecule has 0 saturated carbocycles. The summed E-state index contributed by atoms with van der Waals surface area (Å²) in [7, 11) is 0. The van der Waals surface area contributed by atoms with Crippen LogP contribution < -0.4 is 15.8 Å². The van der Waals surface area contributed by atoms with Crippen LogP contribution in [0.15, 0.2) is 65.0 Å².